The van der Waals surface area contributed by atoms with E-state index in [1.165, 1.54) is 18.6 Å². The molecule has 0 bridgehead atoms. The maximum Gasteiger partial charge on any atom is 0.246 e. The number of carbonyl (C=O) groups excluding carboxylic acids is 1. The minimum absolute atomic E-state index is 0.0764. The summed E-state index contributed by atoms with van der Waals surface area (Å²) in [6.45, 7) is 0. The highest BCUT2D eigenvalue weighted by molar-refractivity contribution is 6.02. The van der Waals surface area contributed by atoms with Gasteiger partial charge in [-0.2, -0.15) is 0 Å². The van der Waals surface area contributed by atoms with E-state index in [0.29, 0.717) is 11.7 Å². The molecule has 1 fully saturated rings. The van der Waals surface area contributed by atoms with Crippen molar-refractivity contribution < 1.29 is 9.18 Å². The molecular weight excluding hydrogens is 207 g/mol. The van der Waals surface area contributed by atoms with Gasteiger partial charge in [-0.3, -0.25) is 10.1 Å². The van der Waals surface area contributed by atoms with Crippen molar-refractivity contribution in [2.24, 2.45) is 0 Å². The lowest BCUT2D eigenvalue weighted by Gasteiger charge is -2.29. The summed E-state index contributed by atoms with van der Waals surface area (Å²) in [5, 5.41) is 6.01. The lowest BCUT2D eigenvalue weighted by molar-refractivity contribution is -0.118. The van der Waals surface area contributed by atoms with Gasteiger partial charge in [0.05, 0.1) is 0 Å². The van der Waals surface area contributed by atoms with Crippen molar-refractivity contribution in [3.63, 3.8) is 0 Å². The maximum atomic E-state index is 13.0. The number of halogens is 1. The van der Waals surface area contributed by atoms with Crippen molar-refractivity contribution in [1.82, 2.24) is 5.32 Å². The number of amides is 1. The predicted octanol–water partition coefficient (Wildman–Crippen LogP) is 1.96. The third-order valence-corrected chi connectivity index (χ3v) is 3.35. The van der Waals surface area contributed by atoms with Crippen LogP contribution in [0.3, 0.4) is 0 Å². The van der Waals surface area contributed by atoms with Gasteiger partial charge in [-0.25, -0.2) is 4.39 Å². The van der Waals surface area contributed by atoms with Crippen LogP contribution >= 0.6 is 0 Å². The van der Waals surface area contributed by atoms with E-state index in [9.17, 15) is 9.18 Å². The average molecular weight is 220 g/mol. The molecule has 4 heteroatoms. The Kier molecular flexibility index (Phi) is 2.17. The minimum Gasteiger partial charge on any atom is -0.324 e. The Labute approximate surface area is 93.0 Å². The number of fused-ring (bicyclic) bond motifs is 1. The van der Waals surface area contributed by atoms with Crippen molar-refractivity contribution in [3.05, 3.63) is 29.6 Å². The highest BCUT2D eigenvalue weighted by atomic mass is 19.1. The molecular formula is C12H13FN2O. The summed E-state index contributed by atoms with van der Waals surface area (Å²) in [6.07, 6.45) is 3.48. The van der Waals surface area contributed by atoms with Crippen LogP contribution in [-0.4, -0.2) is 11.9 Å². The molecule has 2 aliphatic rings. The second kappa shape index (κ2) is 3.56. The smallest absolute Gasteiger partial charge is 0.246 e. The largest absolute Gasteiger partial charge is 0.324 e. The maximum absolute atomic E-state index is 13.0. The quantitative estimate of drug-likeness (QED) is 0.800. The molecule has 0 saturated heterocycles. The highest BCUT2D eigenvalue weighted by Crippen LogP contribution is 2.33. The first-order valence-electron chi connectivity index (χ1n) is 5.60. The standard InChI is InChI=1S/C12H13FN2O/c13-7-4-5-9-10(6-7)15-12(16)11(9)14-8-2-1-3-8/h4-6,8,11,14H,1-3H2,(H,15,16). The monoisotopic (exact) mass is 220 g/mol. The van der Waals surface area contributed by atoms with Crippen molar-refractivity contribution in [3.8, 4) is 0 Å². The van der Waals surface area contributed by atoms with Gasteiger partial charge >= 0.3 is 0 Å². The fourth-order valence-electron chi connectivity index (χ4n) is 2.21. The topological polar surface area (TPSA) is 41.1 Å². The third-order valence-electron chi connectivity index (χ3n) is 3.35. The number of nitrogens with one attached hydrogen (secondary N) is 2. The molecule has 1 atom stereocenters. The molecule has 16 heavy (non-hydrogen) atoms. The zero-order chi connectivity index (χ0) is 11.1. The molecule has 84 valence electrons. The molecule has 1 heterocycles. The van der Waals surface area contributed by atoms with Crippen LogP contribution in [0.25, 0.3) is 0 Å². The first-order chi connectivity index (χ1) is 7.74. The van der Waals surface area contributed by atoms with Crippen LogP contribution in [0.15, 0.2) is 18.2 Å². The Balaban J connectivity index is 1.86. The number of benzene rings is 1. The Morgan fingerprint density at radius 2 is 2.19 bits per heavy atom. The van der Waals surface area contributed by atoms with E-state index in [-0.39, 0.29) is 17.8 Å². The van der Waals surface area contributed by atoms with Crippen LogP contribution in [0.1, 0.15) is 30.9 Å². The number of carbonyl (C=O) groups is 1. The molecule has 3 rings (SSSR count). The number of hydrogen-bond acceptors (Lipinski definition) is 2. The predicted molar refractivity (Wildman–Crippen MR) is 58.5 cm³/mol. The van der Waals surface area contributed by atoms with E-state index < -0.39 is 0 Å². The van der Waals surface area contributed by atoms with Crippen LogP contribution in [0.5, 0.6) is 0 Å². The lowest BCUT2D eigenvalue weighted by Crippen LogP contribution is -2.40. The Morgan fingerprint density at radius 3 is 2.88 bits per heavy atom. The average Bonchev–Trinajstić information content (AvgIpc) is 2.47. The van der Waals surface area contributed by atoms with E-state index >= 15 is 0 Å². The normalized spacial score (nSPS) is 23.8. The van der Waals surface area contributed by atoms with Crippen molar-refractivity contribution in [1.29, 1.82) is 0 Å². The molecule has 1 aromatic rings. The Hall–Kier alpha value is -1.42. The second-order valence-electron chi connectivity index (χ2n) is 4.45. The zero-order valence-corrected chi connectivity index (χ0v) is 8.79. The van der Waals surface area contributed by atoms with Crippen molar-refractivity contribution >= 4 is 11.6 Å². The summed E-state index contributed by atoms with van der Waals surface area (Å²) in [5.74, 6) is -0.393. The van der Waals surface area contributed by atoms with Crippen molar-refractivity contribution in [2.45, 2.75) is 31.3 Å². The van der Waals surface area contributed by atoms with E-state index in [1.54, 1.807) is 6.07 Å². The van der Waals surface area contributed by atoms with Gasteiger partial charge < -0.3 is 5.32 Å². The summed E-state index contributed by atoms with van der Waals surface area (Å²) in [5.41, 5.74) is 1.46. The van der Waals surface area contributed by atoms with Crippen LogP contribution in [0.2, 0.25) is 0 Å². The van der Waals surface area contributed by atoms with E-state index in [1.807, 2.05) is 0 Å². The first kappa shape index (κ1) is 9.78. The molecule has 1 aliphatic heterocycles. The molecule has 1 aromatic carbocycles. The SMILES string of the molecule is O=C1Nc2cc(F)ccc2C1NC1CCC1. The third kappa shape index (κ3) is 1.50. The second-order valence-corrected chi connectivity index (χ2v) is 4.45. The fourth-order valence-corrected chi connectivity index (χ4v) is 2.21. The summed E-state index contributed by atoms with van der Waals surface area (Å²) >= 11 is 0. The molecule has 3 nitrogen and oxygen atoms in total. The summed E-state index contributed by atoms with van der Waals surface area (Å²) < 4.78 is 13.0. The number of rotatable bonds is 2. The van der Waals surface area contributed by atoms with E-state index in [0.717, 1.165) is 18.4 Å². The Bertz CT molecular complexity index is 443. The molecule has 0 spiro atoms. The van der Waals surface area contributed by atoms with Gasteiger partial charge in [0.25, 0.3) is 0 Å². The van der Waals surface area contributed by atoms with Crippen LogP contribution in [0.4, 0.5) is 10.1 Å². The van der Waals surface area contributed by atoms with Gasteiger partial charge in [-0.15, -0.1) is 0 Å². The van der Waals surface area contributed by atoms with Crippen molar-refractivity contribution in [2.75, 3.05) is 5.32 Å². The summed E-state index contributed by atoms with van der Waals surface area (Å²) in [7, 11) is 0. The number of anilines is 1. The number of hydrogen-bond donors (Lipinski definition) is 2. The van der Waals surface area contributed by atoms with E-state index in [4.69, 9.17) is 0 Å². The molecule has 1 saturated carbocycles. The first-order valence-corrected chi connectivity index (χ1v) is 5.60. The fraction of sp³-hybridized carbons (Fsp3) is 0.417. The molecule has 2 N–H and O–H groups in total. The molecule has 0 aromatic heterocycles. The zero-order valence-electron chi connectivity index (χ0n) is 8.79. The molecule has 1 amide bonds. The van der Waals surface area contributed by atoms with E-state index in [2.05, 4.69) is 10.6 Å². The van der Waals surface area contributed by atoms with Crippen LogP contribution < -0.4 is 10.6 Å². The van der Waals surface area contributed by atoms with Gasteiger partial charge in [0, 0.05) is 17.3 Å². The van der Waals surface area contributed by atoms with Gasteiger partial charge in [-0.05, 0) is 25.0 Å². The van der Waals surface area contributed by atoms with Crippen LogP contribution in [0, 0.1) is 5.82 Å². The summed E-state index contributed by atoms with van der Waals surface area (Å²) in [4.78, 5) is 11.7. The molecule has 1 aliphatic carbocycles. The van der Waals surface area contributed by atoms with Gasteiger partial charge in [0.1, 0.15) is 11.9 Å². The van der Waals surface area contributed by atoms with Gasteiger partial charge in [-0.1, -0.05) is 12.5 Å². The minimum atomic E-state index is -0.316. The van der Waals surface area contributed by atoms with Gasteiger partial charge in [0.15, 0.2) is 0 Å². The highest BCUT2D eigenvalue weighted by Gasteiger charge is 2.33. The van der Waals surface area contributed by atoms with Gasteiger partial charge in [0.2, 0.25) is 5.91 Å². The summed E-state index contributed by atoms with van der Waals surface area (Å²) in [6, 6.07) is 4.58. The molecule has 0 radical (unpaired) electrons. The van der Waals surface area contributed by atoms with Crippen LogP contribution in [-0.2, 0) is 4.79 Å². The Morgan fingerprint density at radius 1 is 1.38 bits per heavy atom. The molecule has 1 unspecified atom stereocenters. The lowest BCUT2D eigenvalue weighted by atomic mass is 9.91.